The third-order valence-corrected chi connectivity index (χ3v) is 1.91. The van der Waals surface area contributed by atoms with E-state index in [9.17, 15) is 9.13 Å². The maximum Gasteiger partial charge on any atom is 0.478 e. The van der Waals surface area contributed by atoms with Crippen LogP contribution >= 0.6 is 23.5 Å². The summed E-state index contributed by atoms with van der Waals surface area (Å²) in [6.45, 7) is 0. The molecule has 0 heterocycles. The first kappa shape index (κ1) is 25.6. The fourth-order valence-electron chi connectivity index (χ4n) is 0.139. The smallest absolute Gasteiger partial charge is 0.303 e. The lowest BCUT2D eigenvalue weighted by Crippen LogP contribution is -1.84. The average Bonchev–Trinajstić information content (AvgIpc) is 1.42. The Kier molecular flexibility index (Phi) is 14.1. The van der Waals surface area contributed by atoms with Gasteiger partial charge in [0, 0.05) is 0 Å². The molecule has 0 aliphatic heterocycles. The van der Waals surface area contributed by atoms with Gasteiger partial charge in [-0.2, -0.15) is 4.31 Å². The van der Waals surface area contributed by atoms with Crippen molar-refractivity contribution in [2.45, 2.75) is 0 Å². The van der Waals surface area contributed by atoms with Crippen LogP contribution in [-0.4, -0.2) is 56.2 Å². The van der Waals surface area contributed by atoms with Gasteiger partial charge in [0.25, 0.3) is 0 Å². The van der Waals surface area contributed by atoms with Crippen molar-refractivity contribution in [2.24, 2.45) is 0 Å². The van der Waals surface area contributed by atoms with E-state index in [2.05, 4.69) is 4.31 Å². The van der Waals surface area contributed by atoms with Crippen LogP contribution < -0.4 is 0 Å². The van der Waals surface area contributed by atoms with E-state index >= 15 is 0 Å². The van der Waals surface area contributed by atoms with E-state index in [0.29, 0.717) is 0 Å². The first-order valence-electron chi connectivity index (χ1n) is 2.31. The van der Waals surface area contributed by atoms with Crippen LogP contribution in [0.4, 0.5) is 0 Å². The van der Waals surface area contributed by atoms with Crippen LogP contribution in [0.2, 0.25) is 0 Å². The van der Waals surface area contributed by atoms with Crippen molar-refractivity contribution >= 4 is 45.4 Å². The molecule has 0 atom stereocenters. The van der Waals surface area contributed by atoms with Gasteiger partial charge in [0.2, 0.25) is 0 Å². The second kappa shape index (κ2) is 8.83. The highest BCUT2D eigenvalue weighted by Crippen LogP contribution is 2.53. The van der Waals surface area contributed by atoms with Gasteiger partial charge in [-0.1, -0.05) is 0 Å². The van der Waals surface area contributed by atoms with Crippen LogP contribution in [0.3, 0.4) is 0 Å². The molecule has 0 saturated heterocycles. The highest BCUT2D eigenvalue weighted by Gasteiger charge is 2.27. The minimum absolute atomic E-state index is 0. The second-order valence-electron chi connectivity index (χ2n) is 1.58. The summed E-state index contributed by atoms with van der Waals surface area (Å²) in [7, 11) is -14.7. The van der Waals surface area contributed by atoms with E-state index in [1.807, 2.05) is 0 Å². The van der Waals surface area contributed by atoms with Gasteiger partial charge in [0.15, 0.2) is 0 Å². The molecule has 16 heteroatoms. The van der Waals surface area contributed by atoms with Crippen molar-refractivity contribution < 1.29 is 52.3 Å². The highest BCUT2D eigenvalue weighted by molar-refractivity contribution is 7.60. The molecule has 0 aliphatic rings. The van der Waals surface area contributed by atoms with Gasteiger partial charge in [-0.05, 0) is 21.9 Å². The van der Waals surface area contributed by atoms with Crippen molar-refractivity contribution in [1.82, 2.24) is 0 Å². The molecule has 0 fully saturated rings. The Morgan fingerprint density at radius 3 is 0.750 bits per heavy atom. The van der Waals surface area contributed by atoms with Crippen molar-refractivity contribution in [2.75, 3.05) is 0 Å². The summed E-state index contributed by atoms with van der Waals surface area (Å²) in [5.74, 6) is 0. The standard InChI is InChI=1S/H4O7P2.H3O4P.2H4Si/c1-8(2,3)7-9(4,5)6;1-5(2,3)4;;/h(H2,1,2,3)(H2,4,5,6);(H3,1,2,3,4);2*1H4. The molecule has 11 nitrogen and oxygen atoms in total. The van der Waals surface area contributed by atoms with Gasteiger partial charge >= 0.3 is 23.5 Å². The SMILES string of the molecule is O=P(O)(O)O.O=P(O)(O)OP(=O)(O)O.[SiH4].[SiH4]. The monoisotopic (exact) mass is 340 g/mol. The predicted octanol–water partition coefficient (Wildman–Crippen LogP) is -4.64. The Bertz CT molecular complexity index is 262. The Morgan fingerprint density at radius 2 is 0.750 bits per heavy atom. The summed E-state index contributed by atoms with van der Waals surface area (Å²) in [4.78, 5) is 52.6. The largest absolute Gasteiger partial charge is 0.478 e. The predicted molar refractivity (Wildman–Crippen MR) is 62.1 cm³/mol. The van der Waals surface area contributed by atoms with Gasteiger partial charge in [0.05, 0.1) is 0 Å². The molecule has 0 saturated carbocycles. The average molecular weight is 340 g/mol. The molecule has 0 bridgehead atoms. The van der Waals surface area contributed by atoms with Crippen LogP contribution in [0.15, 0.2) is 0 Å². The van der Waals surface area contributed by atoms with E-state index in [0.717, 1.165) is 0 Å². The van der Waals surface area contributed by atoms with Crippen molar-refractivity contribution in [3.63, 3.8) is 0 Å². The molecule has 0 rings (SSSR count). The quantitative estimate of drug-likeness (QED) is 0.188. The van der Waals surface area contributed by atoms with Gasteiger partial charge < -0.3 is 34.3 Å². The normalized spacial score (nSPS) is 11.4. The highest BCUT2D eigenvalue weighted by atomic mass is 31.3. The molecule has 0 aliphatic carbocycles. The van der Waals surface area contributed by atoms with Crippen LogP contribution in [0.1, 0.15) is 0 Å². The van der Waals surface area contributed by atoms with Gasteiger partial charge in [-0.15, -0.1) is 0 Å². The molecule has 0 aromatic heterocycles. The number of hydrogen-bond donors (Lipinski definition) is 7. The fourth-order valence-corrected chi connectivity index (χ4v) is 1.25. The Hall–Kier alpha value is 0.804. The van der Waals surface area contributed by atoms with E-state index in [-0.39, 0.29) is 21.9 Å². The van der Waals surface area contributed by atoms with Crippen molar-refractivity contribution in [1.29, 1.82) is 0 Å². The first-order valence-corrected chi connectivity index (χ1v) is 6.94. The molecule has 104 valence electrons. The van der Waals surface area contributed by atoms with Crippen molar-refractivity contribution in [3.05, 3.63) is 0 Å². The summed E-state index contributed by atoms with van der Waals surface area (Å²) in [6, 6.07) is 0. The van der Waals surface area contributed by atoms with Crippen LogP contribution in [0.5, 0.6) is 0 Å². The number of hydrogen-bond acceptors (Lipinski definition) is 4. The molecule has 0 radical (unpaired) electrons. The first-order chi connectivity index (χ1) is 5.71. The maximum absolute atomic E-state index is 9.63. The Morgan fingerprint density at radius 1 is 0.625 bits per heavy atom. The Balaban J connectivity index is -0.0000000904. The van der Waals surface area contributed by atoms with Crippen LogP contribution in [-0.2, 0) is 18.0 Å². The molecule has 0 unspecified atom stereocenters. The van der Waals surface area contributed by atoms with Crippen molar-refractivity contribution in [3.8, 4) is 0 Å². The second-order valence-corrected chi connectivity index (χ2v) is 5.22. The van der Waals surface area contributed by atoms with E-state index in [1.165, 1.54) is 0 Å². The summed E-state index contributed by atoms with van der Waals surface area (Å²) in [5.41, 5.74) is 0. The summed E-state index contributed by atoms with van der Waals surface area (Å²) < 4.78 is 31.1. The third kappa shape index (κ3) is 60.9. The van der Waals surface area contributed by atoms with E-state index < -0.39 is 23.5 Å². The Labute approximate surface area is 98.2 Å². The zero-order valence-electron chi connectivity index (χ0n) is 6.11. The number of rotatable bonds is 2. The molecule has 16 heavy (non-hydrogen) atoms. The minimum atomic E-state index is -5.05. The maximum atomic E-state index is 9.63. The molecular weight excluding hydrogens is 325 g/mol. The summed E-state index contributed by atoms with van der Waals surface area (Å²) in [6.07, 6.45) is 0. The van der Waals surface area contributed by atoms with Gasteiger partial charge in [-0.25, -0.2) is 13.7 Å². The van der Waals surface area contributed by atoms with E-state index in [1.54, 1.807) is 0 Å². The molecular formula is H15O11P3Si2. The lowest BCUT2D eigenvalue weighted by Gasteiger charge is -2.03. The van der Waals surface area contributed by atoms with Gasteiger partial charge in [0.1, 0.15) is 0 Å². The third-order valence-electron chi connectivity index (χ3n) is 0.213. The minimum Gasteiger partial charge on any atom is -0.303 e. The zero-order chi connectivity index (χ0) is 12.2. The molecule has 0 spiro atoms. The lowest BCUT2D eigenvalue weighted by atomic mass is 15.7. The molecule has 7 N–H and O–H groups in total. The number of phosphoric acid groups is 3. The fraction of sp³-hybridized carbons (Fsp3) is 0. The van der Waals surface area contributed by atoms with E-state index in [4.69, 9.17) is 38.8 Å². The summed E-state index contributed by atoms with van der Waals surface area (Å²) >= 11 is 0. The van der Waals surface area contributed by atoms with Gasteiger partial charge in [-0.3, -0.25) is 0 Å². The molecule has 0 aromatic rings. The molecule has 0 amide bonds. The lowest BCUT2D eigenvalue weighted by molar-refractivity contribution is 0.225. The molecule has 0 aromatic carbocycles. The zero-order valence-corrected chi connectivity index (χ0v) is 8.79. The van der Waals surface area contributed by atoms with Crippen LogP contribution in [0.25, 0.3) is 0 Å². The topological polar surface area (TPSA) is 202 Å². The van der Waals surface area contributed by atoms with Crippen LogP contribution in [0, 0.1) is 0 Å². The summed E-state index contributed by atoms with van der Waals surface area (Å²) in [5, 5.41) is 0.